The van der Waals surface area contributed by atoms with E-state index in [2.05, 4.69) is 39.0 Å². The molecule has 24 heavy (non-hydrogen) atoms. The van der Waals surface area contributed by atoms with Gasteiger partial charge in [-0.15, -0.1) is 0 Å². The highest BCUT2D eigenvalue weighted by atomic mass is 16.5. The van der Waals surface area contributed by atoms with E-state index in [0.717, 1.165) is 18.8 Å². The zero-order valence-corrected chi connectivity index (χ0v) is 14.4. The van der Waals surface area contributed by atoms with Gasteiger partial charge >= 0.3 is 0 Å². The molecular formula is C17H24N6O. The fraction of sp³-hybridized carbons (Fsp3) is 0.471. The van der Waals surface area contributed by atoms with Crippen LogP contribution in [0.5, 0.6) is 0 Å². The Kier molecular flexibility index (Phi) is 4.92. The van der Waals surface area contributed by atoms with E-state index in [4.69, 9.17) is 10.5 Å². The lowest BCUT2D eigenvalue weighted by Crippen LogP contribution is -2.45. The van der Waals surface area contributed by atoms with Crippen molar-refractivity contribution in [2.24, 2.45) is 0 Å². The Hall–Kier alpha value is -2.25. The summed E-state index contributed by atoms with van der Waals surface area (Å²) in [7, 11) is 0. The van der Waals surface area contributed by atoms with Gasteiger partial charge in [-0.1, -0.05) is 17.7 Å². The molecule has 1 fully saturated rings. The topological polar surface area (TPSA) is 89.2 Å². The van der Waals surface area contributed by atoms with Crippen LogP contribution in [0.3, 0.4) is 0 Å². The number of aromatic nitrogens is 3. The molecule has 2 aromatic rings. The number of nitrogens with two attached hydrogens (primary N) is 1. The number of hydrogen-bond donors (Lipinski definition) is 2. The van der Waals surface area contributed by atoms with Gasteiger partial charge in [0.25, 0.3) is 0 Å². The second-order valence-corrected chi connectivity index (χ2v) is 6.38. The van der Waals surface area contributed by atoms with Crippen molar-refractivity contribution in [2.75, 3.05) is 24.1 Å². The predicted octanol–water partition coefficient (Wildman–Crippen LogP) is 2.12. The Labute approximate surface area is 142 Å². The van der Waals surface area contributed by atoms with Crippen LogP contribution in [-0.4, -0.2) is 45.1 Å². The van der Waals surface area contributed by atoms with Crippen LogP contribution >= 0.6 is 0 Å². The number of hydrogen-bond acceptors (Lipinski definition) is 7. The van der Waals surface area contributed by atoms with Crippen molar-refractivity contribution in [1.82, 2.24) is 19.9 Å². The molecule has 2 heterocycles. The molecule has 0 aliphatic carbocycles. The molecule has 0 amide bonds. The summed E-state index contributed by atoms with van der Waals surface area (Å²) in [5.41, 5.74) is 7.97. The molecule has 7 heteroatoms. The first kappa shape index (κ1) is 16.6. The summed E-state index contributed by atoms with van der Waals surface area (Å²) in [5.74, 6) is 1.36. The molecule has 0 unspecified atom stereocenters. The van der Waals surface area contributed by atoms with E-state index in [-0.39, 0.29) is 18.2 Å². The van der Waals surface area contributed by atoms with Crippen LogP contribution in [0.15, 0.2) is 24.3 Å². The molecule has 128 valence electrons. The first-order valence-electron chi connectivity index (χ1n) is 8.20. The molecule has 1 saturated heterocycles. The second-order valence-electron chi connectivity index (χ2n) is 6.38. The molecule has 1 aliphatic heterocycles. The van der Waals surface area contributed by atoms with E-state index < -0.39 is 0 Å². The zero-order chi connectivity index (χ0) is 17.1. The number of nitrogens with one attached hydrogen (secondary N) is 1. The van der Waals surface area contributed by atoms with Gasteiger partial charge in [0.15, 0.2) is 0 Å². The van der Waals surface area contributed by atoms with Gasteiger partial charge in [0.05, 0.1) is 18.8 Å². The summed E-state index contributed by atoms with van der Waals surface area (Å²) >= 11 is 0. The van der Waals surface area contributed by atoms with Crippen molar-refractivity contribution in [1.29, 1.82) is 0 Å². The van der Waals surface area contributed by atoms with Crippen LogP contribution in [0.25, 0.3) is 0 Å². The Morgan fingerprint density at radius 1 is 1.12 bits per heavy atom. The summed E-state index contributed by atoms with van der Waals surface area (Å²) in [6.07, 6.45) is 0.413. The Balaban J connectivity index is 1.72. The minimum Gasteiger partial charge on any atom is -0.373 e. The van der Waals surface area contributed by atoms with E-state index in [1.165, 1.54) is 5.56 Å². The van der Waals surface area contributed by atoms with E-state index in [9.17, 15) is 0 Å². The first-order valence-corrected chi connectivity index (χ1v) is 8.20. The van der Waals surface area contributed by atoms with Crippen LogP contribution in [0, 0.1) is 6.92 Å². The molecule has 3 N–H and O–H groups in total. The van der Waals surface area contributed by atoms with Crippen LogP contribution in [0.1, 0.15) is 25.2 Å². The maximum atomic E-state index is 5.85. The van der Waals surface area contributed by atoms with Gasteiger partial charge < -0.3 is 15.8 Å². The van der Waals surface area contributed by atoms with Crippen molar-refractivity contribution in [3.8, 4) is 0 Å². The monoisotopic (exact) mass is 328 g/mol. The summed E-state index contributed by atoms with van der Waals surface area (Å²) in [5, 5.41) is 3.18. The highest BCUT2D eigenvalue weighted by Gasteiger charge is 2.23. The van der Waals surface area contributed by atoms with Gasteiger partial charge in [-0.2, -0.15) is 15.0 Å². The van der Waals surface area contributed by atoms with Gasteiger partial charge in [0.2, 0.25) is 11.9 Å². The van der Waals surface area contributed by atoms with Crippen LogP contribution in [0.4, 0.5) is 17.6 Å². The molecule has 2 atom stereocenters. The first-order chi connectivity index (χ1) is 11.5. The zero-order valence-electron chi connectivity index (χ0n) is 14.4. The Morgan fingerprint density at radius 2 is 1.79 bits per heavy atom. The lowest BCUT2D eigenvalue weighted by Gasteiger charge is -2.34. The van der Waals surface area contributed by atoms with Crippen LogP contribution in [0.2, 0.25) is 0 Å². The van der Waals surface area contributed by atoms with E-state index in [1.807, 2.05) is 31.2 Å². The van der Waals surface area contributed by atoms with E-state index >= 15 is 0 Å². The maximum Gasteiger partial charge on any atom is 0.232 e. The van der Waals surface area contributed by atoms with Crippen molar-refractivity contribution >= 4 is 17.6 Å². The second kappa shape index (κ2) is 7.11. The summed E-state index contributed by atoms with van der Waals surface area (Å²) in [6.45, 7) is 8.55. The van der Waals surface area contributed by atoms with Gasteiger partial charge in [-0.3, -0.25) is 4.90 Å². The average molecular weight is 328 g/mol. The number of nitrogens with zero attached hydrogens (tertiary/aromatic N) is 4. The molecule has 0 saturated carbocycles. The quantitative estimate of drug-likeness (QED) is 0.888. The van der Waals surface area contributed by atoms with Gasteiger partial charge in [-0.05, 0) is 32.9 Å². The normalized spacial score (nSPS) is 21.6. The number of anilines is 3. The Bertz CT molecular complexity index is 680. The van der Waals surface area contributed by atoms with Crippen molar-refractivity contribution in [3.05, 3.63) is 35.7 Å². The maximum absolute atomic E-state index is 5.85. The lowest BCUT2D eigenvalue weighted by molar-refractivity contribution is -0.0710. The fourth-order valence-corrected chi connectivity index (χ4v) is 2.94. The highest BCUT2D eigenvalue weighted by Crippen LogP contribution is 2.16. The van der Waals surface area contributed by atoms with E-state index in [0.29, 0.717) is 18.3 Å². The third kappa shape index (κ3) is 4.39. The number of aryl methyl sites for hydroxylation is 1. The van der Waals surface area contributed by atoms with Crippen LogP contribution in [-0.2, 0) is 11.3 Å². The molecule has 3 rings (SSSR count). The van der Waals surface area contributed by atoms with Crippen molar-refractivity contribution < 1.29 is 4.74 Å². The highest BCUT2D eigenvalue weighted by molar-refractivity contribution is 5.54. The number of ether oxygens (including phenoxy) is 1. The number of morpholine rings is 1. The van der Waals surface area contributed by atoms with Crippen LogP contribution < -0.4 is 11.1 Å². The summed E-state index contributed by atoms with van der Waals surface area (Å²) in [4.78, 5) is 15.2. The average Bonchev–Trinajstić information content (AvgIpc) is 2.48. The fourth-order valence-electron chi connectivity index (χ4n) is 2.94. The smallest absolute Gasteiger partial charge is 0.232 e. The number of benzene rings is 1. The van der Waals surface area contributed by atoms with Crippen molar-refractivity contribution in [2.45, 2.75) is 39.5 Å². The lowest BCUT2D eigenvalue weighted by atomic mass is 10.2. The predicted molar refractivity (Wildman–Crippen MR) is 94.0 cm³/mol. The largest absolute Gasteiger partial charge is 0.373 e. The summed E-state index contributed by atoms with van der Waals surface area (Å²) < 4.78 is 5.76. The third-order valence-electron chi connectivity index (χ3n) is 3.87. The number of rotatable bonds is 4. The van der Waals surface area contributed by atoms with Crippen molar-refractivity contribution in [3.63, 3.8) is 0 Å². The molecule has 0 bridgehead atoms. The molecule has 7 nitrogen and oxygen atoms in total. The Morgan fingerprint density at radius 3 is 2.46 bits per heavy atom. The third-order valence-corrected chi connectivity index (χ3v) is 3.87. The van der Waals surface area contributed by atoms with Gasteiger partial charge in [0, 0.05) is 18.8 Å². The number of nitrogen functional groups attached to an aromatic ring is 1. The van der Waals surface area contributed by atoms with Gasteiger partial charge in [-0.25, -0.2) is 0 Å². The summed E-state index contributed by atoms with van der Waals surface area (Å²) in [6, 6.07) is 8.04. The molecular weight excluding hydrogens is 304 g/mol. The standard InChI is InChI=1S/C17H24N6O/c1-11-4-6-14(7-5-11)19-17-21-15(20-16(18)22-17)10-23-8-12(2)24-13(3)9-23/h4-7,12-13H,8-10H2,1-3H3,(H3,18,19,20,21,22)/t12-,13-/m0/s1. The molecule has 0 spiro atoms. The minimum absolute atomic E-state index is 0.207. The molecule has 1 aliphatic rings. The SMILES string of the molecule is Cc1ccc(Nc2nc(N)nc(CN3C[C@H](C)O[C@@H](C)C3)n2)cc1. The van der Waals surface area contributed by atoms with Gasteiger partial charge in [0.1, 0.15) is 5.82 Å². The molecule has 1 aromatic carbocycles. The van der Waals surface area contributed by atoms with E-state index in [1.54, 1.807) is 0 Å². The minimum atomic E-state index is 0.207. The molecule has 0 radical (unpaired) electrons. The molecule has 1 aromatic heterocycles.